The Kier molecular flexibility index (Phi) is 17.6. The van der Waals surface area contributed by atoms with Crippen LogP contribution in [-0.2, 0) is 22.7 Å². The summed E-state index contributed by atoms with van der Waals surface area (Å²) in [6, 6.07) is 18.3. The van der Waals surface area contributed by atoms with Gasteiger partial charge in [-0.3, -0.25) is 0 Å². The van der Waals surface area contributed by atoms with Crippen LogP contribution in [0.4, 0.5) is 27.7 Å². The maximum Gasteiger partial charge on any atom is 0.231 e. The van der Waals surface area contributed by atoms with Crippen molar-refractivity contribution in [2.45, 2.75) is 64.2 Å². The van der Waals surface area contributed by atoms with E-state index < -0.39 is 11.9 Å². The molecule has 8 heterocycles. The molecule has 17 nitrogen and oxygen atoms in total. The van der Waals surface area contributed by atoms with Crippen molar-refractivity contribution in [3.05, 3.63) is 127 Å². The van der Waals surface area contributed by atoms with Gasteiger partial charge in [0.15, 0.2) is 11.6 Å². The lowest BCUT2D eigenvalue weighted by molar-refractivity contribution is 0.144. The summed E-state index contributed by atoms with van der Waals surface area (Å²) in [4.78, 5) is 35.1. The van der Waals surface area contributed by atoms with Crippen LogP contribution in [0.1, 0.15) is 56.1 Å². The van der Waals surface area contributed by atoms with Gasteiger partial charge in [0, 0.05) is 71.2 Å². The first-order valence-electron chi connectivity index (χ1n) is 26.1. The molecule has 18 heteroatoms. The largest absolute Gasteiger partial charge is 0.493 e. The van der Waals surface area contributed by atoms with E-state index in [9.17, 15) is 0 Å². The van der Waals surface area contributed by atoms with Crippen LogP contribution in [0.5, 0.6) is 29.0 Å². The number of pyridine rings is 2. The van der Waals surface area contributed by atoms with Crippen molar-refractivity contribution < 1.29 is 37.5 Å². The van der Waals surface area contributed by atoms with E-state index in [1.807, 2.05) is 71.7 Å². The Labute approximate surface area is 437 Å². The molecular formula is C57H65FN10O7. The van der Waals surface area contributed by atoms with Crippen molar-refractivity contribution in [1.29, 1.82) is 0 Å². The van der Waals surface area contributed by atoms with Crippen molar-refractivity contribution in [3.8, 4) is 51.5 Å². The molecule has 2 saturated heterocycles. The van der Waals surface area contributed by atoms with Gasteiger partial charge in [-0.25, -0.2) is 34.3 Å². The van der Waals surface area contributed by atoms with Crippen molar-refractivity contribution in [3.63, 3.8) is 0 Å². The maximum atomic E-state index is 15.7. The number of nitrogens with zero attached hydrogens (tertiary/aromatic N) is 9. The number of hydrogen-bond donors (Lipinski definition) is 1. The number of nitrogens with one attached hydrogen (secondary N) is 1. The minimum atomic E-state index is -0.602. The van der Waals surface area contributed by atoms with E-state index in [1.54, 1.807) is 37.8 Å². The molecule has 1 unspecified atom stereocenters. The number of halogens is 1. The van der Waals surface area contributed by atoms with Gasteiger partial charge in [0.05, 0.1) is 71.8 Å². The van der Waals surface area contributed by atoms with Crippen LogP contribution in [0.2, 0.25) is 0 Å². The molecule has 12 bridgehead atoms. The van der Waals surface area contributed by atoms with Gasteiger partial charge in [-0.2, -0.15) is 0 Å². The number of aromatic nitrogens is 6. The maximum absolute atomic E-state index is 15.7. The highest BCUT2D eigenvalue weighted by molar-refractivity contribution is 5.71. The van der Waals surface area contributed by atoms with Gasteiger partial charge < -0.3 is 53.2 Å². The van der Waals surface area contributed by atoms with Gasteiger partial charge in [0.1, 0.15) is 29.5 Å². The monoisotopic (exact) mass is 1020 g/mol. The van der Waals surface area contributed by atoms with E-state index in [1.165, 1.54) is 25.7 Å². The van der Waals surface area contributed by atoms with Crippen LogP contribution in [0, 0.1) is 5.82 Å². The minimum Gasteiger partial charge on any atom is -0.493 e. The number of anilines is 4. The topological polar surface area (TPSA) is 164 Å². The Morgan fingerprint density at radius 3 is 2.05 bits per heavy atom. The summed E-state index contributed by atoms with van der Waals surface area (Å²) >= 11 is 0. The van der Waals surface area contributed by atoms with Gasteiger partial charge in [0.25, 0.3) is 0 Å². The number of hydrogen-bond acceptors (Lipinski definition) is 17. The molecule has 0 aliphatic carbocycles. The third kappa shape index (κ3) is 13.7. The second-order valence-electron chi connectivity index (χ2n) is 18.8. The Hall–Kier alpha value is -7.25. The highest BCUT2D eigenvalue weighted by atomic mass is 19.1. The van der Waals surface area contributed by atoms with Gasteiger partial charge in [-0.15, -0.1) is 0 Å². The first-order valence-corrected chi connectivity index (χ1v) is 26.1. The number of rotatable bonds is 12. The van der Waals surface area contributed by atoms with Gasteiger partial charge in [-0.05, 0) is 120 Å². The summed E-state index contributed by atoms with van der Waals surface area (Å²) in [5.74, 6) is 2.56. The molecule has 75 heavy (non-hydrogen) atoms. The predicted octanol–water partition coefficient (Wildman–Crippen LogP) is 9.54. The van der Waals surface area contributed by atoms with Crippen molar-refractivity contribution in [2.24, 2.45) is 0 Å². The molecule has 4 aliphatic rings. The van der Waals surface area contributed by atoms with E-state index in [4.69, 9.17) is 43.1 Å². The van der Waals surface area contributed by atoms with E-state index in [0.29, 0.717) is 67.4 Å². The molecule has 10 rings (SSSR count). The molecule has 392 valence electrons. The van der Waals surface area contributed by atoms with Crippen LogP contribution < -0.4 is 33.9 Å². The van der Waals surface area contributed by atoms with E-state index in [2.05, 4.69) is 41.1 Å². The standard InChI is InChI=1S/C57H65FN10O7/c1-69-51-37-62-57-65-55(51)42-18-20-59-52(35-42)74-29-8-2-7-27-70-39-44-33-46(14-16-50(44)73-31-11-26-67-23-5-6-24-67)68(57)47-12-9-28-71-38-43-32-45(13-15-49(43)72-30-10-25-66-21-3-4-22-66)63-56-61-36-48(58)54(64-56)41-17-19-60-53(34-41)75-40-47/h2,7,9,12-20,32-37,47H,3-6,8,10-11,21-31,38-40H2,1H3,(H,61,63,64)/b7-2+,12-9+. The number of methoxy groups -OCH3 is 1. The number of benzene rings is 2. The first-order chi connectivity index (χ1) is 37.0. The molecule has 0 spiro atoms. The van der Waals surface area contributed by atoms with Crippen molar-refractivity contribution >= 4 is 23.3 Å². The molecule has 0 amide bonds. The van der Waals surface area contributed by atoms with Crippen LogP contribution in [0.15, 0.2) is 110 Å². The highest BCUT2D eigenvalue weighted by Crippen LogP contribution is 2.37. The fourth-order valence-electron chi connectivity index (χ4n) is 9.64. The molecule has 1 N–H and O–H groups in total. The van der Waals surface area contributed by atoms with Crippen LogP contribution in [-0.4, -0.2) is 132 Å². The van der Waals surface area contributed by atoms with Gasteiger partial charge in [-0.1, -0.05) is 24.3 Å². The molecule has 6 aromatic rings. The zero-order valence-electron chi connectivity index (χ0n) is 42.6. The first kappa shape index (κ1) is 51.2. The number of fused-ring (bicyclic) bond motifs is 14. The lowest BCUT2D eigenvalue weighted by atomic mass is 10.1. The third-order valence-corrected chi connectivity index (χ3v) is 13.5. The summed E-state index contributed by atoms with van der Waals surface area (Å²) in [7, 11) is 1.59. The molecular weight excluding hydrogens is 956 g/mol. The van der Waals surface area contributed by atoms with Crippen LogP contribution >= 0.6 is 0 Å². The van der Waals surface area contributed by atoms with Gasteiger partial charge >= 0.3 is 0 Å². The van der Waals surface area contributed by atoms with Crippen molar-refractivity contribution in [1.82, 2.24) is 39.7 Å². The van der Waals surface area contributed by atoms with Crippen LogP contribution in [0.25, 0.3) is 22.5 Å². The molecule has 0 radical (unpaired) electrons. The minimum absolute atomic E-state index is 0.0345. The normalized spacial score (nSPS) is 18.5. The average molecular weight is 1020 g/mol. The lowest BCUT2D eigenvalue weighted by Gasteiger charge is -2.31. The average Bonchev–Trinajstić information content (AvgIpc) is 4.18. The lowest BCUT2D eigenvalue weighted by Crippen LogP contribution is -2.36. The van der Waals surface area contributed by atoms with E-state index >= 15 is 4.39 Å². The molecule has 2 fully saturated rings. The molecule has 4 aliphatic heterocycles. The number of likely N-dealkylation sites (tertiary alicyclic amines) is 2. The van der Waals surface area contributed by atoms with E-state index in [-0.39, 0.29) is 43.9 Å². The molecule has 4 aromatic heterocycles. The molecule has 0 saturated carbocycles. The second-order valence-corrected chi connectivity index (χ2v) is 18.8. The van der Waals surface area contributed by atoms with E-state index in [0.717, 1.165) is 92.2 Å². The summed E-state index contributed by atoms with van der Waals surface area (Å²) in [5.41, 5.74) is 4.91. The van der Waals surface area contributed by atoms with Crippen molar-refractivity contribution in [2.75, 3.05) is 96.2 Å². The predicted molar refractivity (Wildman–Crippen MR) is 284 cm³/mol. The summed E-state index contributed by atoms with van der Waals surface area (Å²) < 4.78 is 60.0. The molecule has 2 aromatic carbocycles. The molecule has 1 atom stereocenters. The smallest absolute Gasteiger partial charge is 0.231 e. The second kappa shape index (κ2) is 25.8. The van der Waals surface area contributed by atoms with Crippen LogP contribution in [0.3, 0.4) is 0 Å². The fraction of sp³-hybridized carbons (Fsp3) is 0.404. The SMILES string of the molecule is COc1cnc2nc1-c1ccnc(c1)OCC/C=C/COCc1cc(ccc1OCCCN1CCCC1)N2C1/C=C/COCc2cc(ccc2OCCCN2CCCC2)Nc2ncc(F)c(n2)-c2ccnc(c2)OC1. The Balaban J connectivity index is 1.03. The summed E-state index contributed by atoms with van der Waals surface area (Å²) in [6.45, 7) is 9.24. The zero-order valence-corrected chi connectivity index (χ0v) is 42.6. The fourth-order valence-corrected chi connectivity index (χ4v) is 9.64. The number of ether oxygens (including phenoxy) is 7. The Bertz CT molecular complexity index is 2900. The summed E-state index contributed by atoms with van der Waals surface area (Å²) in [6.07, 6.45) is 21.6. The Morgan fingerprint density at radius 2 is 1.33 bits per heavy atom. The summed E-state index contributed by atoms with van der Waals surface area (Å²) in [5, 5.41) is 3.26. The highest BCUT2D eigenvalue weighted by Gasteiger charge is 2.27. The van der Waals surface area contributed by atoms with Gasteiger partial charge in [0.2, 0.25) is 23.7 Å². The quantitative estimate of drug-likeness (QED) is 0.0910. The Morgan fingerprint density at radius 1 is 0.667 bits per heavy atom. The zero-order chi connectivity index (χ0) is 51.0. The third-order valence-electron chi connectivity index (χ3n) is 13.5.